The van der Waals surface area contributed by atoms with Gasteiger partial charge in [0.15, 0.2) is 11.6 Å². The molecule has 0 unspecified atom stereocenters. The predicted molar refractivity (Wildman–Crippen MR) is 75.0 cm³/mol. The highest BCUT2D eigenvalue weighted by molar-refractivity contribution is 5.38. The van der Waals surface area contributed by atoms with Crippen LogP contribution in [0.25, 0.3) is 0 Å². The van der Waals surface area contributed by atoms with Crippen molar-refractivity contribution in [2.45, 2.75) is 59.0 Å². The lowest BCUT2D eigenvalue weighted by Crippen LogP contribution is -2.22. The fourth-order valence-electron chi connectivity index (χ4n) is 2.16. The molecule has 2 aromatic heterocycles. The van der Waals surface area contributed by atoms with Crippen molar-refractivity contribution in [2.24, 2.45) is 0 Å². The lowest BCUT2D eigenvalue weighted by atomic mass is 9.92. The van der Waals surface area contributed by atoms with E-state index in [2.05, 4.69) is 53.5 Å². The molecule has 2 N–H and O–H groups in total. The zero-order valence-corrected chi connectivity index (χ0v) is 12.5. The molecule has 0 radical (unpaired) electrons. The zero-order chi connectivity index (χ0) is 14.8. The summed E-state index contributed by atoms with van der Waals surface area (Å²) in [6.45, 7) is 9.68. The molecule has 0 spiro atoms. The van der Waals surface area contributed by atoms with Crippen LogP contribution in [0.1, 0.15) is 52.1 Å². The van der Waals surface area contributed by atoms with E-state index >= 15 is 0 Å². The van der Waals surface area contributed by atoms with Crippen molar-refractivity contribution < 1.29 is 0 Å². The Kier molecular flexibility index (Phi) is 4.01. The van der Waals surface area contributed by atoms with Crippen LogP contribution in [0.15, 0.2) is 0 Å². The lowest BCUT2D eigenvalue weighted by molar-refractivity contribution is 0.472. The molecule has 2 aromatic rings. The molecule has 0 amide bonds. The molecular weight excluding hydrogens is 256 g/mol. The van der Waals surface area contributed by atoms with Crippen molar-refractivity contribution in [1.29, 1.82) is 0 Å². The van der Waals surface area contributed by atoms with Crippen LogP contribution in [-0.4, -0.2) is 35.2 Å². The van der Waals surface area contributed by atoms with E-state index in [1.165, 1.54) is 0 Å². The molecule has 0 aliphatic heterocycles. The molecule has 2 heterocycles. The first-order valence-corrected chi connectivity index (χ1v) is 6.88. The zero-order valence-electron chi connectivity index (χ0n) is 12.5. The van der Waals surface area contributed by atoms with E-state index < -0.39 is 0 Å². The molecular formula is C12H22N8. The van der Waals surface area contributed by atoms with E-state index in [0.717, 1.165) is 30.9 Å². The van der Waals surface area contributed by atoms with Gasteiger partial charge in [-0.05, 0) is 16.8 Å². The largest absolute Gasteiger partial charge is 0.381 e. The monoisotopic (exact) mass is 278 g/mol. The van der Waals surface area contributed by atoms with Crippen LogP contribution >= 0.6 is 0 Å². The van der Waals surface area contributed by atoms with E-state index in [-0.39, 0.29) is 5.41 Å². The fraction of sp³-hybridized carbons (Fsp3) is 0.750. The summed E-state index contributed by atoms with van der Waals surface area (Å²) in [7, 11) is 0. The molecule has 0 bridgehead atoms. The van der Waals surface area contributed by atoms with Crippen LogP contribution in [0.3, 0.4) is 0 Å². The number of nitrogens with zero attached hydrogens (tertiary/aromatic N) is 7. The molecule has 0 fully saturated rings. The Morgan fingerprint density at radius 2 is 1.85 bits per heavy atom. The Labute approximate surface area is 118 Å². The molecule has 0 aliphatic rings. The summed E-state index contributed by atoms with van der Waals surface area (Å²) >= 11 is 0. The van der Waals surface area contributed by atoms with Gasteiger partial charge in [0.05, 0.1) is 5.69 Å². The number of rotatable bonds is 5. The minimum Gasteiger partial charge on any atom is -0.381 e. The smallest absolute Gasteiger partial charge is 0.172 e. The first kappa shape index (κ1) is 14.4. The third-order valence-corrected chi connectivity index (χ3v) is 3.09. The predicted octanol–water partition coefficient (Wildman–Crippen LogP) is 0.993. The average Bonchev–Trinajstić information content (AvgIpc) is 2.93. The Morgan fingerprint density at radius 1 is 1.10 bits per heavy atom. The van der Waals surface area contributed by atoms with Crippen molar-refractivity contribution in [2.75, 3.05) is 5.73 Å². The number of aryl methyl sites for hydroxylation is 1. The maximum atomic E-state index is 5.92. The Morgan fingerprint density at radius 3 is 2.50 bits per heavy atom. The van der Waals surface area contributed by atoms with Gasteiger partial charge in [-0.15, -0.1) is 10.2 Å². The summed E-state index contributed by atoms with van der Waals surface area (Å²) < 4.78 is 3.59. The third kappa shape index (κ3) is 2.94. The molecule has 20 heavy (non-hydrogen) atoms. The molecule has 0 saturated carbocycles. The lowest BCUT2D eigenvalue weighted by Gasteiger charge is -2.19. The second kappa shape index (κ2) is 5.56. The highest BCUT2D eigenvalue weighted by atomic mass is 15.6. The van der Waals surface area contributed by atoms with Crippen LogP contribution in [0.5, 0.6) is 0 Å². The number of hydrogen-bond donors (Lipinski definition) is 1. The van der Waals surface area contributed by atoms with Crippen LogP contribution in [0.4, 0.5) is 5.82 Å². The fourth-order valence-corrected chi connectivity index (χ4v) is 2.16. The van der Waals surface area contributed by atoms with Crippen LogP contribution < -0.4 is 5.73 Å². The summed E-state index contributed by atoms with van der Waals surface area (Å²) in [4.78, 5) is 0. The highest BCUT2D eigenvalue weighted by Crippen LogP contribution is 2.26. The van der Waals surface area contributed by atoms with Gasteiger partial charge >= 0.3 is 0 Å². The normalized spacial score (nSPS) is 12.0. The topological polar surface area (TPSA) is 100 Å². The van der Waals surface area contributed by atoms with Crippen molar-refractivity contribution in [1.82, 2.24) is 35.2 Å². The summed E-state index contributed by atoms with van der Waals surface area (Å²) in [6.07, 6.45) is 2.15. The molecule has 8 heteroatoms. The van der Waals surface area contributed by atoms with E-state index in [4.69, 9.17) is 5.73 Å². The van der Waals surface area contributed by atoms with Gasteiger partial charge in [0, 0.05) is 12.0 Å². The minimum atomic E-state index is -0.130. The highest BCUT2D eigenvalue weighted by Gasteiger charge is 2.25. The van der Waals surface area contributed by atoms with Gasteiger partial charge in [0.1, 0.15) is 6.54 Å². The minimum absolute atomic E-state index is 0.130. The van der Waals surface area contributed by atoms with Gasteiger partial charge in [0.25, 0.3) is 0 Å². The number of anilines is 1. The second-order valence-corrected chi connectivity index (χ2v) is 5.90. The van der Waals surface area contributed by atoms with Crippen molar-refractivity contribution in [3.63, 3.8) is 0 Å². The molecule has 0 aromatic carbocycles. The quantitative estimate of drug-likeness (QED) is 0.875. The van der Waals surface area contributed by atoms with Crippen LogP contribution in [0.2, 0.25) is 0 Å². The first-order chi connectivity index (χ1) is 9.43. The van der Waals surface area contributed by atoms with E-state index in [9.17, 15) is 0 Å². The number of nitrogen functional groups attached to an aromatic ring is 1. The van der Waals surface area contributed by atoms with Gasteiger partial charge < -0.3 is 5.73 Å². The number of unbranched alkanes of at least 4 members (excludes halogenated alkanes) is 1. The first-order valence-electron chi connectivity index (χ1n) is 6.88. The van der Waals surface area contributed by atoms with E-state index in [1.54, 1.807) is 4.68 Å². The molecule has 110 valence electrons. The standard InChI is InChI=1S/C12H22N8/c1-5-6-7-19-9(14-16-18-19)8-20-10(12(2,3)4)11(13)15-17-20/h5-8,13H2,1-4H3. The average molecular weight is 278 g/mol. The molecule has 0 saturated heterocycles. The Hall–Kier alpha value is -1.99. The maximum absolute atomic E-state index is 5.92. The van der Waals surface area contributed by atoms with Gasteiger partial charge in [-0.1, -0.05) is 39.3 Å². The summed E-state index contributed by atoms with van der Waals surface area (Å²) in [5.74, 6) is 1.24. The molecule has 0 aliphatic carbocycles. The maximum Gasteiger partial charge on any atom is 0.172 e. The summed E-state index contributed by atoms with van der Waals surface area (Å²) in [6, 6.07) is 0. The Bertz CT molecular complexity index is 562. The van der Waals surface area contributed by atoms with Gasteiger partial charge in [-0.3, -0.25) is 0 Å². The number of nitrogens with two attached hydrogens (primary N) is 1. The number of aromatic nitrogens is 7. The van der Waals surface area contributed by atoms with Crippen molar-refractivity contribution in [3.8, 4) is 0 Å². The molecule has 8 nitrogen and oxygen atoms in total. The van der Waals surface area contributed by atoms with Gasteiger partial charge in [-0.2, -0.15) is 0 Å². The van der Waals surface area contributed by atoms with Crippen LogP contribution in [0, 0.1) is 0 Å². The van der Waals surface area contributed by atoms with Gasteiger partial charge in [0.2, 0.25) is 0 Å². The third-order valence-electron chi connectivity index (χ3n) is 3.09. The van der Waals surface area contributed by atoms with Crippen molar-refractivity contribution >= 4 is 5.82 Å². The summed E-state index contributed by atoms with van der Waals surface area (Å²) in [5, 5.41) is 19.9. The van der Waals surface area contributed by atoms with E-state index in [1.807, 2.05) is 4.68 Å². The molecule has 0 atom stereocenters. The molecule has 2 rings (SSSR count). The number of tetrazole rings is 1. The SMILES string of the molecule is CCCCn1nnnc1Cn1nnc(N)c1C(C)(C)C. The number of hydrogen-bond acceptors (Lipinski definition) is 6. The van der Waals surface area contributed by atoms with E-state index in [0.29, 0.717) is 12.4 Å². The second-order valence-electron chi connectivity index (χ2n) is 5.90. The summed E-state index contributed by atoms with van der Waals surface area (Å²) in [5.41, 5.74) is 6.70. The van der Waals surface area contributed by atoms with Crippen molar-refractivity contribution in [3.05, 3.63) is 11.5 Å². The van der Waals surface area contributed by atoms with Gasteiger partial charge in [-0.25, -0.2) is 9.36 Å². The van der Waals surface area contributed by atoms with Crippen LogP contribution in [-0.2, 0) is 18.5 Å². The Balaban J connectivity index is 2.25.